The fourth-order valence-corrected chi connectivity index (χ4v) is 5.72. The summed E-state index contributed by atoms with van der Waals surface area (Å²) in [6, 6.07) is 4.23. The lowest BCUT2D eigenvalue weighted by atomic mass is 9.65. The zero-order valence-electron chi connectivity index (χ0n) is 22.8. The molecule has 36 heavy (non-hydrogen) atoms. The van der Waals surface area contributed by atoms with E-state index in [2.05, 4.69) is 53.7 Å². The van der Waals surface area contributed by atoms with Crippen molar-refractivity contribution in [1.29, 1.82) is 0 Å². The molecule has 0 radical (unpaired) electrons. The van der Waals surface area contributed by atoms with E-state index in [0.717, 1.165) is 36.0 Å². The number of amides is 2. The summed E-state index contributed by atoms with van der Waals surface area (Å²) in [6.45, 7) is 14.3. The Kier molecular flexibility index (Phi) is 7.23. The lowest BCUT2D eigenvalue weighted by molar-refractivity contribution is -0.136. The first-order valence-corrected chi connectivity index (χ1v) is 13.0. The molecule has 1 atom stereocenters. The van der Waals surface area contributed by atoms with E-state index in [-0.39, 0.29) is 31.1 Å². The van der Waals surface area contributed by atoms with E-state index in [0.29, 0.717) is 26.0 Å². The Labute approximate surface area is 215 Å². The number of rotatable bonds is 6. The fraction of sp³-hybridized carbons (Fsp3) is 0.704. The van der Waals surface area contributed by atoms with Crippen molar-refractivity contribution in [3.8, 4) is 0 Å². The lowest BCUT2D eigenvalue weighted by Crippen LogP contribution is -2.41. The third-order valence-corrected chi connectivity index (χ3v) is 8.62. The van der Waals surface area contributed by atoms with Crippen LogP contribution < -0.4 is 0 Å². The second-order valence-electron chi connectivity index (χ2n) is 12.1. The zero-order valence-corrected chi connectivity index (χ0v) is 22.8. The highest BCUT2D eigenvalue weighted by Gasteiger charge is 2.52. The number of carboxylic acid groups (broad SMARTS) is 1. The van der Waals surface area contributed by atoms with Crippen molar-refractivity contribution < 1.29 is 28.7 Å². The molecule has 3 aliphatic heterocycles. The van der Waals surface area contributed by atoms with Gasteiger partial charge < -0.3 is 29.0 Å². The topological polar surface area (TPSA) is 88.5 Å². The van der Waals surface area contributed by atoms with Crippen molar-refractivity contribution in [2.24, 2.45) is 0 Å². The van der Waals surface area contributed by atoms with E-state index in [1.54, 1.807) is 4.90 Å². The number of methoxy groups -OCH3 is 1. The van der Waals surface area contributed by atoms with Crippen LogP contribution in [0.3, 0.4) is 0 Å². The van der Waals surface area contributed by atoms with Crippen LogP contribution in [0.4, 0.5) is 4.79 Å². The third-order valence-electron chi connectivity index (χ3n) is 8.62. The number of benzene rings is 1. The van der Waals surface area contributed by atoms with E-state index in [1.807, 2.05) is 4.90 Å². The second kappa shape index (κ2) is 9.65. The number of carbonyl (C=O) groups excluding carboxylic acids is 1. The summed E-state index contributed by atoms with van der Waals surface area (Å²) in [6.07, 6.45) is 2.14. The molecule has 0 spiro atoms. The highest BCUT2D eigenvalue weighted by atomic mass is 16.7. The van der Waals surface area contributed by atoms with E-state index in [9.17, 15) is 14.7 Å². The van der Waals surface area contributed by atoms with Gasteiger partial charge in [-0.25, -0.2) is 4.79 Å². The lowest BCUT2D eigenvalue weighted by Gasteiger charge is -2.36. The van der Waals surface area contributed by atoms with Crippen LogP contribution >= 0.6 is 0 Å². The van der Waals surface area contributed by atoms with Crippen LogP contribution in [0.5, 0.6) is 0 Å². The second-order valence-corrected chi connectivity index (χ2v) is 12.1. The Hall–Kier alpha value is -2.10. The average Bonchev–Trinajstić information content (AvgIpc) is 3.34. The van der Waals surface area contributed by atoms with Crippen LogP contribution in [0.25, 0.3) is 0 Å². The van der Waals surface area contributed by atoms with Crippen molar-refractivity contribution in [3.05, 3.63) is 34.4 Å². The van der Waals surface area contributed by atoms with Gasteiger partial charge in [-0.3, -0.25) is 4.79 Å². The number of hydrogen-bond donors (Lipinski definition) is 1. The molecule has 9 heteroatoms. The van der Waals surface area contributed by atoms with Crippen LogP contribution in [0, 0.1) is 0 Å². The maximum atomic E-state index is 12.6. The molecule has 0 saturated carbocycles. The minimum absolute atomic E-state index is 0.0409. The quantitative estimate of drug-likeness (QED) is 0.583. The summed E-state index contributed by atoms with van der Waals surface area (Å²) in [5.41, 5.74) is 3.42. The minimum atomic E-state index is -0.892. The predicted molar refractivity (Wildman–Crippen MR) is 138 cm³/mol. The number of nitrogens with zero attached hydrogens (tertiary/aromatic N) is 2. The van der Waals surface area contributed by atoms with Crippen LogP contribution in [0.2, 0.25) is 6.32 Å². The molecular weight excluding hydrogens is 459 g/mol. The smallest absolute Gasteiger partial charge is 0.458 e. The van der Waals surface area contributed by atoms with Crippen molar-refractivity contribution in [1.82, 2.24) is 9.80 Å². The molecular formula is C27H41BN2O6. The Balaban J connectivity index is 1.70. The standard InChI is InChI=1S/C27H41BN2O6/c1-25(2,17-28-35-26(3,4)27(5,6)36-28)19-13-18-10-12-29(23(31)16-34-7)15-21(18)20(14-19)22-9-8-11-30(22)24(32)33/h13-14,22H,8-12,15-17H2,1-7H3,(H,32,33)/t22-/m0/s1. The van der Waals surface area contributed by atoms with Gasteiger partial charge in [-0.05, 0) is 80.9 Å². The molecule has 0 aromatic heterocycles. The predicted octanol–water partition coefficient (Wildman–Crippen LogP) is 4.40. The molecule has 2 saturated heterocycles. The van der Waals surface area contributed by atoms with Gasteiger partial charge in [0.25, 0.3) is 0 Å². The van der Waals surface area contributed by atoms with Crippen molar-refractivity contribution in [2.45, 2.75) is 96.3 Å². The monoisotopic (exact) mass is 500 g/mol. The van der Waals surface area contributed by atoms with Gasteiger partial charge in [0.15, 0.2) is 0 Å². The van der Waals surface area contributed by atoms with E-state index < -0.39 is 17.3 Å². The normalized spacial score (nSPS) is 23.2. The van der Waals surface area contributed by atoms with Crippen molar-refractivity contribution in [2.75, 3.05) is 26.8 Å². The summed E-state index contributed by atoms with van der Waals surface area (Å²) >= 11 is 0. The van der Waals surface area contributed by atoms with Gasteiger partial charge >= 0.3 is 13.2 Å². The van der Waals surface area contributed by atoms with Crippen LogP contribution in [0.1, 0.15) is 82.7 Å². The highest BCUT2D eigenvalue weighted by Crippen LogP contribution is 2.44. The fourth-order valence-electron chi connectivity index (χ4n) is 5.72. The molecule has 1 aromatic carbocycles. The van der Waals surface area contributed by atoms with Crippen molar-refractivity contribution in [3.63, 3.8) is 0 Å². The van der Waals surface area contributed by atoms with Gasteiger partial charge in [-0.15, -0.1) is 0 Å². The van der Waals surface area contributed by atoms with Gasteiger partial charge in [0.1, 0.15) is 6.61 Å². The van der Waals surface area contributed by atoms with Crippen LogP contribution in [-0.4, -0.2) is 72.0 Å². The molecule has 4 rings (SSSR count). The first kappa shape index (κ1) is 27.0. The molecule has 2 fully saturated rings. The van der Waals surface area contributed by atoms with Crippen LogP contribution in [-0.2, 0) is 37.2 Å². The molecule has 2 amide bonds. The summed E-state index contributed by atoms with van der Waals surface area (Å²) in [4.78, 5) is 28.0. The average molecular weight is 500 g/mol. The maximum Gasteiger partial charge on any atom is 0.458 e. The molecule has 0 bridgehead atoms. The molecule has 0 aliphatic carbocycles. The Bertz CT molecular complexity index is 1010. The van der Waals surface area contributed by atoms with Crippen LogP contribution in [0.15, 0.2) is 12.1 Å². The molecule has 1 aromatic rings. The van der Waals surface area contributed by atoms with Gasteiger partial charge in [-0.1, -0.05) is 26.0 Å². The molecule has 3 heterocycles. The highest BCUT2D eigenvalue weighted by molar-refractivity contribution is 6.45. The molecule has 198 valence electrons. The number of fused-ring (bicyclic) bond motifs is 1. The van der Waals surface area contributed by atoms with Gasteiger partial charge in [0.05, 0.1) is 17.2 Å². The van der Waals surface area contributed by atoms with E-state index >= 15 is 0 Å². The number of carbonyl (C=O) groups is 2. The first-order valence-electron chi connectivity index (χ1n) is 13.0. The SMILES string of the molecule is COCC(=O)N1CCc2cc(C(C)(C)CB3OC(C)(C)C(C)(C)O3)cc([C@@H]3CCCN3C(=O)O)c2C1. The van der Waals surface area contributed by atoms with Gasteiger partial charge in [0.2, 0.25) is 5.91 Å². The Morgan fingerprint density at radius 1 is 1.17 bits per heavy atom. The Morgan fingerprint density at radius 2 is 1.83 bits per heavy atom. The maximum absolute atomic E-state index is 12.6. The molecule has 3 aliphatic rings. The zero-order chi connectivity index (χ0) is 26.5. The third kappa shape index (κ3) is 5.02. The summed E-state index contributed by atoms with van der Waals surface area (Å²) in [5.74, 6) is -0.0409. The number of likely N-dealkylation sites (tertiary alicyclic amines) is 1. The summed E-state index contributed by atoms with van der Waals surface area (Å²) in [7, 11) is 1.20. The Morgan fingerprint density at radius 3 is 2.44 bits per heavy atom. The summed E-state index contributed by atoms with van der Waals surface area (Å²) < 4.78 is 17.7. The van der Waals surface area contributed by atoms with Crippen molar-refractivity contribution >= 4 is 19.1 Å². The largest absolute Gasteiger partial charge is 0.465 e. The minimum Gasteiger partial charge on any atom is -0.465 e. The number of ether oxygens (including phenoxy) is 1. The molecule has 0 unspecified atom stereocenters. The summed E-state index contributed by atoms with van der Waals surface area (Å²) in [5, 5.41) is 9.89. The van der Waals surface area contributed by atoms with E-state index in [4.69, 9.17) is 14.0 Å². The number of hydrogen-bond acceptors (Lipinski definition) is 5. The van der Waals surface area contributed by atoms with Gasteiger partial charge in [0, 0.05) is 26.7 Å². The molecule has 1 N–H and O–H groups in total. The first-order chi connectivity index (χ1) is 16.8. The van der Waals surface area contributed by atoms with Gasteiger partial charge in [-0.2, -0.15) is 0 Å². The van der Waals surface area contributed by atoms with E-state index in [1.165, 1.54) is 12.7 Å². The molecule has 8 nitrogen and oxygen atoms in total.